The summed E-state index contributed by atoms with van der Waals surface area (Å²) in [6.45, 7) is 1.72. The number of thiazole rings is 1. The number of nitrogens with zero attached hydrogens (tertiary/aromatic N) is 1. The Balaban J connectivity index is 2.63. The Hall–Kier alpha value is -1.96. The molecule has 0 aromatic carbocycles. The molecule has 8 heteroatoms. The average molecular weight is 272 g/mol. The number of carbonyl (C=O) groups excluding carboxylic acids is 1. The molecule has 1 amide bonds. The van der Waals surface area contributed by atoms with Crippen LogP contribution in [0.4, 0.5) is 0 Å². The third kappa shape index (κ3) is 4.13. The number of aliphatic carboxylic acids is 2. The molecule has 7 nitrogen and oxygen atoms in total. The van der Waals surface area contributed by atoms with Crippen molar-refractivity contribution in [1.29, 1.82) is 0 Å². The van der Waals surface area contributed by atoms with E-state index in [0.717, 1.165) is 0 Å². The summed E-state index contributed by atoms with van der Waals surface area (Å²) in [5.74, 6) is -2.99. The molecule has 0 saturated heterocycles. The van der Waals surface area contributed by atoms with Gasteiger partial charge in [0.1, 0.15) is 11.7 Å². The second-order valence-electron chi connectivity index (χ2n) is 3.55. The normalized spacial score (nSPS) is 11.8. The lowest BCUT2D eigenvalue weighted by Crippen LogP contribution is -2.41. The van der Waals surface area contributed by atoms with Crippen LogP contribution in [0, 0.1) is 6.92 Å². The summed E-state index contributed by atoms with van der Waals surface area (Å²) in [6, 6.07) is -1.23. The predicted octanol–water partition coefficient (Wildman–Crippen LogP) is 0.499. The van der Waals surface area contributed by atoms with Crippen molar-refractivity contribution in [3.8, 4) is 0 Å². The Morgan fingerprint density at radius 2 is 2.11 bits per heavy atom. The summed E-state index contributed by atoms with van der Waals surface area (Å²) >= 11 is 1.27. The van der Waals surface area contributed by atoms with Crippen molar-refractivity contribution in [2.45, 2.75) is 25.8 Å². The van der Waals surface area contributed by atoms with E-state index in [4.69, 9.17) is 10.2 Å². The second-order valence-corrected chi connectivity index (χ2v) is 4.61. The van der Waals surface area contributed by atoms with Gasteiger partial charge in [-0.25, -0.2) is 9.78 Å². The molecule has 1 aromatic heterocycles. The molecule has 0 aliphatic heterocycles. The molecule has 1 rings (SSSR count). The number of amides is 1. The lowest BCUT2D eigenvalue weighted by Gasteiger charge is -2.12. The maximum atomic E-state index is 11.6. The van der Waals surface area contributed by atoms with E-state index in [2.05, 4.69) is 10.3 Å². The van der Waals surface area contributed by atoms with E-state index in [1.807, 2.05) is 0 Å². The van der Waals surface area contributed by atoms with Crippen LogP contribution in [0.15, 0.2) is 5.38 Å². The number of rotatable bonds is 6. The highest BCUT2D eigenvalue weighted by Crippen LogP contribution is 2.08. The van der Waals surface area contributed by atoms with Gasteiger partial charge < -0.3 is 15.5 Å². The van der Waals surface area contributed by atoms with Crippen LogP contribution < -0.4 is 5.32 Å². The van der Waals surface area contributed by atoms with E-state index in [9.17, 15) is 14.4 Å². The monoisotopic (exact) mass is 272 g/mol. The van der Waals surface area contributed by atoms with Crippen molar-refractivity contribution in [2.75, 3.05) is 0 Å². The van der Waals surface area contributed by atoms with E-state index in [1.165, 1.54) is 16.7 Å². The van der Waals surface area contributed by atoms with Crippen LogP contribution in [0.2, 0.25) is 0 Å². The van der Waals surface area contributed by atoms with Crippen molar-refractivity contribution in [2.24, 2.45) is 0 Å². The van der Waals surface area contributed by atoms with Gasteiger partial charge >= 0.3 is 11.9 Å². The second kappa shape index (κ2) is 6.10. The highest BCUT2D eigenvalue weighted by molar-refractivity contribution is 7.09. The van der Waals surface area contributed by atoms with Gasteiger partial charge in [-0.2, -0.15) is 0 Å². The lowest BCUT2D eigenvalue weighted by atomic mass is 10.1. The van der Waals surface area contributed by atoms with Gasteiger partial charge in [0, 0.05) is 11.8 Å². The quantitative estimate of drug-likeness (QED) is 0.694. The Bertz CT molecular complexity index is 471. The molecule has 0 aliphatic carbocycles. The number of aromatic nitrogens is 1. The van der Waals surface area contributed by atoms with Crippen LogP contribution in [0.1, 0.15) is 28.3 Å². The summed E-state index contributed by atoms with van der Waals surface area (Å²) < 4.78 is 0. The van der Waals surface area contributed by atoms with Crippen LogP contribution in [0.5, 0.6) is 0 Å². The fourth-order valence-electron chi connectivity index (χ4n) is 1.23. The number of carbonyl (C=O) groups is 3. The third-order valence-corrected chi connectivity index (χ3v) is 2.88. The van der Waals surface area contributed by atoms with Gasteiger partial charge in [-0.05, 0) is 13.3 Å². The summed E-state index contributed by atoms with van der Waals surface area (Å²) in [5, 5.41) is 21.8. The highest BCUT2D eigenvalue weighted by Gasteiger charge is 2.22. The van der Waals surface area contributed by atoms with Crippen molar-refractivity contribution >= 4 is 29.2 Å². The fourth-order valence-corrected chi connectivity index (χ4v) is 1.82. The topological polar surface area (TPSA) is 117 Å². The molecule has 18 heavy (non-hydrogen) atoms. The van der Waals surface area contributed by atoms with Gasteiger partial charge in [0.05, 0.1) is 5.01 Å². The first-order valence-electron chi connectivity index (χ1n) is 5.07. The van der Waals surface area contributed by atoms with Gasteiger partial charge in [-0.1, -0.05) is 0 Å². The van der Waals surface area contributed by atoms with Crippen LogP contribution in [0.3, 0.4) is 0 Å². The summed E-state index contributed by atoms with van der Waals surface area (Å²) in [4.78, 5) is 36.8. The summed E-state index contributed by atoms with van der Waals surface area (Å²) in [7, 11) is 0. The number of aryl methyl sites for hydroxylation is 1. The molecule has 1 atom stereocenters. The Labute approximate surface area is 106 Å². The summed E-state index contributed by atoms with van der Waals surface area (Å²) in [5.41, 5.74) is 0.138. The Morgan fingerprint density at radius 1 is 1.44 bits per heavy atom. The minimum Gasteiger partial charge on any atom is -0.481 e. The maximum Gasteiger partial charge on any atom is 0.326 e. The van der Waals surface area contributed by atoms with Crippen molar-refractivity contribution in [3.05, 3.63) is 16.1 Å². The first-order chi connectivity index (χ1) is 8.40. The molecule has 98 valence electrons. The molecule has 0 bridgehead atoms. The molecule has 3 N–H and O–H groups in total. The van der Waals surface area contributed by atoms with E-state index >= 15 is 0 Å². The molecular formula is C10H12N2O5S. The molecule has 1 heterocycles. The molecule has 0 aliphatic rings. The number of carboxylic acid groups (broad SMARTS) is 2. The first kappa shape index (κ1) is 14.1. The lowest BCUT2D eigenvalue weighted by molar-refractivity contribution is -0.140. The van der Waals surface area contributed by atoms with Crippen molar-refractivity contribution in [1.82, 2.24) is 10.3 Å². The fraction of sp³-hybridized carbons (Fsp3) is 0.400. The van der Waals surface area contributed by atoms with Crippen LogP contribution >= 0.6 is 11.3 Å². The average Bonchev–Trinajstić information content (AvgIpc) is 2.70. The zero-order valence-corrected chi connectivity index (χ0v) is 10.4. The third-order valence-electron chi connectivity index (χ3n) is 2.10. The molecule has 0 spiro atoms. The highest BCUT2D eigenvalue weighted by atomic mass is 32.1. The Kier molecular flexibility index (Phi) is 4.78. The zero-order valence-electron chi connectivity index (χ0n) is 9.54. The predicted molar refractivity (Wildman–Crippen MR) is 62.6 cm³/mol. The van der Waals surface area contributed by atoms with Gasteiger partial charge in [0.2, 0.25) is 0 Å². The number of carboxylic acids is 2. The van der Waals surface area contributed by atoms with Gasteiger partial charge in [-0.3, -0.25) is 9.59 Å². The smallest absolute Gasteiger partial charge is 0.326 e. The maximum absolute atomic E-state index is 11.6. The summed E-state index contributed by atoms with van der Waals surface area (Å²) in [6.07, 6.45) is -0.493. The van der Waals surface area contributed by atoms with Crippen LogP contribution in [0.25, 0.3) is 0 Å². The SMILES string of the molecule is Cc1nc(C(=O)N[C@@H](CCC(=O)O)C(=O)O)cs1. The van der Waals surface area contributed by atoms with Crippen LogP contribution in [-0.4, -0.2) is 39.1 Å². The van der Waals surface area contributed by atoms with Gasteiger partial charge in [0.25, 0.3) is 5.91 Å². The largest absolute Gasteiger partial charge is 0.481 e. The molecule has 0 radical (unpaired) electrons. The van der Waals surface area contributed by atoms with E-state index in [0.29, 0.717) is 5.01 Å². The van der Waals surface area contributed by atoms with E-state index in [1.54, 1.807) is 6.92 Å². The molecule has 0 saturated carbocycles. The molecule has 1 aromatic rings. The number of hydrogen-bond donors (Lipinski definition) is 3. The zero-order chi connectivity index (χ0) is 13.7. The standard InChI is InChI=1S/C10H12N2O5S/c1-5-11-7(4-18-5)9(15)12-6(10(16)17)2-3-8(13)14/h4,6H,2-3H2,1H3,(H,12,15)(H,13,14)(H,16,17)/t6-/m0/s1. The number of nitrogens with one attached hydrogen (secondary N) is 1. The van der Waals surface area contributed by atoms with Gasteiger partial charge in [-0.15, -0.1) is 11.3 Å². The van der Waals surface area contributed by atoms with E-state index in [-0.39, 0.29) is 18.5 Å². The van der Waals surface area contributed by atoms with Gasteiger partial charge in [0.15, 0.2) is 0 Å². The first-order valence-corrected chi connectivity index (χ1v) is 5.95. The van der Waals surface area contributed by atoms with E-state index < -0.39 is 23.9 Å². The minimum absolute atomic E-state index is 0.138. The molecular weight excluding hydrogens is 260 g/mol. The molecule has 0 fully saturated rings. The van der Waals surface area contributed by atoms with Crippen molar-refractivity contribution < 1.29 is 24.6 Å². The Morgan fingerprint density at radius 3 is 2.56 bits per heavy atom. The molecule has 0 unspecified atom stereocenters. The van der Waals surface area contributed by atoms with Crippen LogP contribution in [-0.2, 0) is 9.59 Å². The minimum atomic E-state index is -1.27. The number of hydrogen-bond acceptors (Lipinski definition) is 5. The van der Waals surface area contributed by atoms with Crippen molar-refractivity contribution in [3.63, 3.8) is 0 Å².